The Balaban J connectivity index is 3.39. The third-order valence-electron chi connectivity index (χ3n) is 1.69. The van der Waals surface area contributed by atoms with Gasteiger partial charge in [0.1, 0.15) is 17.6 Å². The van der Waals surface area contributed by atoms with E-state index in [2.05, 4.69) is 9.72 Å². The molecular weight excluding hydrogens is 212 g/mol. The number of nitrogens with two attached hydrogens (primary N) is 1. The predicted molar refractivity (Wildman–Crippen MR) is 46.8 cm³/mol. The second-order valence-electron chi connectivity index (χ2n) is 2.53. The minimum absolute atomic E-state index is 0.398. The molecular formula is C7H7F2N3O3. The number of rotatable bonds is 3. The van der Waals surface area contributed by atoms with Crippen LogP contribution in [0.3, 0.4) is 0 Å². The maximum absolute atomic E-state index is 12.3. The molecule has 0 spiro atoms. The first kappa shape index (κ1) is 11.1. The number of anilines is 1. The average molecular weight is 219 g/mol. The zero-order valence-corrected chi connectivity index (χ0v) is 7.61. The van der Waals surface area contributed by atoms with Crippen molar-refractivity contribution in [3.63, 3.8) is 0 Å². The molecule has 0 aliphatic heterocycles. The number of ether oxygens (including phenoxy) is 1. The number of alkyl halides is 2. The van der Waals surface area contributed by atoms with Gasteiger partial charge in [0.05, 0.1) is 12.0 Å². The SMILES string of the molecule is COc1c([N+](=O)[O-])cnc(C(F)F)c1N. The summed E-state index contributed by atoms with van der Waals surface area (Å²) in [6.07, 6.45) is -2.21. The summed E-state index contributed by atoms with van der Waals surface area (Å²) in [6, 6.07) is 0. The minimum atomic E-state index is -2.90. The molecule has 1 heterocycles. The maximum Gasteiger partial charge on any atom is 0.331 e. The van der Waals surface area contributed by atoms with E-state index in [0.29, 0.717) is 6.20 Å². The lowest BCUT2D eigenvalue weighted by molar-refractivity contribution is -0.386. The summed E-state index contributed by atoms with van der Waals surface area (Å²) in [6.45, 7) is 0. The van der Waals surface area contributed by atoms with Crippen molar-refractivity contribution in [2.75, 3.05) is 12.8 Å². The molecule has 0 aliphatic rings. The van der Waals surface area contributed by atoms with Crippen molar-refractivity contribution in [3.05, 3.63) is 22.0 Å². The number of methoxy groups -OCH3 is 1. The van der Waals surface area contributed by atoms with Gasteiger partial charge >= 0.3 is 5.69 Å². The van der Waals surface area contributed by atoms with E-state index in [0.717, 1.165) is 7.11 Å². The Morgan fingerprint density at radius 3 is 2.67 bits per heavy atom. The quantitative estimate of drug-likeness (QED) is 0.614. The zero-order valence-electron chi connectivity index (χ0n) is 7.61. The van der Waals surface area contributed by atoms with Gasteiger partial charge in [-0.1, -0.05) is 0 Å². The van der Waals surface area contributed by atoms with Gasteiger partial charge in [0.15, 0.2) is 0 Å². The summed E-state index contributed by atoms with van der Waals surface area (Å²) in [5.41, 5.74) is 3.48. The molecule has 1 aromatic heterocycles. The molecule has 0 radical (unpaired) electrons. The Morgan fingerprint density at radius 2 is 2.27 bits per heavy atom. The van der Waals surface area contributed by atoms with Crippen molar-refractivity contribution >= 4 is 11.4 Å². The largest absolute Gasteiger partial charge is 0.489 e. The molecule has 0 saturated carbocycles. The van der Waals surface area contributed by atoms with E-state index >= 15 is 0 Å². The monoisotopic (exact) mass is 219 g/mol. The van der Waals surface area contributed by atoms with E-state index in [9.17, 15) is 18.9 Å². The van der Waals surface area contributed by atoms with Crippen LogP contribution in [0.1, 0.15) is 12.1 Å². The van der Waals surface area contributed by atoms with Crippen LogP contribution >= 0.6 is 0 Å². The van der Waals surface area contributed by atoms with Crippen molar-refractivity contribution in [2.45, 2.75) is 6.43 Å². The second kappa shape index (κ2) is 4.03. The Labute approximate surface area is 82.8 Å². The van der Waals surface area contributed by atoms with Crippen LogP contribution < -0.4 is 10.5 Å². The summed E-state index contributed by atoms with van der Waals surface area (Å²) in [5, 5.41) is 10.5. The molecule has 82 valence electrons. The van der Waals surface area contributed by atoms with Gasteiger partial charge in [-0.2, -0.15) is 0 Å². The fourth-order valence-corrected chi connectivity index (χ4v) is 1.03. The van der Waals surface area contributed by atoms with Crippen LogP contribution in [0, 0.1) is 10.1 Å². The molecule has 0 saturated heterocycles. The second-order valence-corrected chi connectivity index (χ2v) is 2.53. The summed E-state index contributed by atoms with van der Waals surface area (Å²) in [5.74, 6) is -0.398. The molecule has 0 aliphatic carbocycles. The molecule has 0 aromatic carbocycles. The van der Waals surface area contributed by atoms with Gasteiger partial charge in [-0.15, -0.1) is 0 Å². The number of aromatic nitrogens is 1. The van der Waals surface area contributed by atoms with Gasteiger partial charge in [-0.05, 0) is 0 Å². The number of hydrogen-bond donors (Lipinski definition) is 1. The number of nitrogens with zero attached hydrogens (tertiary/aromatic N) is 2. The van der Waals surface area contributed by atoms with Crippen molar-refractivity contribution < 1.29 is 18.4 Å². The van der Waals surface area contributed by atoms with Crippen molar-refractivity contribution in [3.8, 4) is 5.75 Å². The highest BCUT2D eigenvalue weighted by molar-refractivity contribution is 5.65. The van der Waals surface area contributed by atoms with Crippen LogP contribution in [0.4, 0.5) is 20.2 Å². The van der Waals surface area contributed by atoms with E-state index in [1.54, 1.807) is 0 Å². The van der Waals surface area contributed by atoms with Crippen LogP contribution in [-0.4, -0.2) is 17.0 Å². The van der Waals surface area contributed by atoms with Gasteiger partial charge in [-0.25, -0.2) is 13.8 Å². The number of hydrogen-bond acceptors (Lipinski definition) is 5. The van der Waals surface area contributed by atoms with E-state index in [-0.39, 0.29) is 0 Å². The van der Waals surface area contributed by atoms with Gasteiger partial charge in [0.25, 0.3) is 6.43 Å². The van der Waals surface area contributed by atoms with Crippen LogP contribution in [0.25, 0.3) is 0 Å². The lowest BCUT2D eigenvalue weighted by Gasteiger charge is -2.08. The molecule has 15 heavy (non-hydrogen) atoms. The predicted octanol–water partition coefficient (Wildman–Crippen LogP) is 1.52. The normalized spacial score (nSPS) is 10.4. The first-order valence-electron chi connectivity index (χ1n) is 3.74. The average Bonchev–Trinajstić information content (AvgIpc) is 2.16. The molecule has 0 bridgehead atoms. The van der Waals surface area contributed by atoms with Crippen molar-refractivity contribution in [1.82, 2.24) is 4.98 Å². The molecule has 0 amide bonds. The third kappa shape index (κ3) is 1.92. The van der Waals surface area contributed by atoms with Gasteiger partial charge in [0.2, 0.25) is 5.75 Å². The molecule has 1 aromatic rings. The van der Waals surface area contributed by atoms with Gasteiger partial charge < -0.3 is 10.5 Å². The van der Waals surface area contributed by atoms with Crippen LogP contribution in [0.15, 0.2) is 6.20 Å². The fraction of sp³-hybridized carbons (Fsp3) is 0.286. The van der Waals surface area contributed by atoms with E-state index in [4.69, 9.17) is 5.73 Å². The zero-order chi connectivity index (χ0) is 11.6. The lowest BCUT2D eigenvalue weighted by atomic mass is 10.2. The third-order valence-corrected chi connectivity index (χ3v) is 1.69. The van der Waals surface area contributed by atoms with Crippen molar-refractivity contribution in [1.29, 1.82) is 0 Å². The Morgan fingerprint density at radius 1 is 1.67 bits per heavy atom. The van der Waals surface area contributed by atoms with E-state index < -0.39 is 34.2 Å². The molecule has 1 rings (SSSR count). The standard InChI is InChI=1S/C7H7F2N3O3/c1-15-6-3(12(13)14)2-11-5(4(6)10)7(8)9/h2,7H,10H2,1H3. The van der Waals surface area contributed by atoms with Crippen molar-refractivity contribution in [2.24, 2.45) is 0 Å². The fourth-order valence-electron chi connectivity index (χ4n) is 1.03. The number of pyridine rings is 1. The molecule has 6 nitrogen and oxygen atoms in total. The minimum Gasteiger partial charge on any atom is -0.489 e. The summed E-state index contributed by atoms with van der Waals surface area (Å²) < 4.78 is 29.2. The number of nitro groups is 1. The number of halogens is 2. The van der Waals surface area contributed by atoms with Crippen LogP contribution in [0.5, 0.6) is 5.75 Å². The molecule has 2 N–H and O–H groups in total. The Kier molecular flexibility index (Phi) is 2.98. The van der Waals surface area contributed by atoms with Crippen LogP contribution in [-0.2, 0) is 0 Å². The van der Waals surface area contributed by atoms with Gasteiger partial charge in [0, 0.05) is 0 Å². The van der Waals surface area contributed by atoms with E-state index in [1.807, 2.05) is 0 Å². The Hall–Kier alpha value is -1.99. The summed E-state index contributed by atoms with van der Waals surface area (Å²) in [4.78, 5) is 12.9. The smallest absolute Gasteiger partial charge is 0.331 e. The topological polar surface area (TPSA) is 91.3 Å². The highest BCUT2D eigenvalue weighted by Gasteiger charge is 2.25. The summed E-state index contributed by atoms with van der Waals surface area (Å²) in [7, 11) is 1.11. The highest BCUT2D eigenvalue weighted by atomic mass is 19.3. The molecule has 0 fully saturated rings. The highest BCUT2D eigenvalue weighted by Crippen LogP contribution is 2.37. The number of nitrogen functional groups attached to an aromatic ring is 1. The Bertz CT molecular complexity index is 397. The van der Waals surface area contributed by atoms with Gasteiger partial charge in [-0.3, -0.25) is 10.1 Å². The van der Waals surface area contributed by atoms with E-state index in [1.165, 1.54) is 0 Å². The maximum atomic E-state index is 12.3. The molecule has 8 heteroatoms. The molecule has 0 unspecified atom stereocenters. The first-order chi connectivity index (χ1) is 6.99. The van der Waals surface area contributed by atoms with Crippen LogP contribution in [0.2, 0.25) is 0 Å². The molecule has 0 atom stereocenters. The summed E-state index contributed by atoms with van der Waals surface area (Å²) >= 11 is 0. The lowest BCUT2D eigenvalue weighted by Crippen LogP contribution is -2.04. The first-order valence-corrected chi connectivity index (χ1v) is 3.74.